The zero-order chi connectivity index (χ0) is 14.7. The van der Waals surface area contributed by atoms with Gasteiger partial charge in [-0.2, -0.15) is 0 Å². The molecule has 0 saturated carbocycles. The number of likely N-dealkylation sites (N-methyl/N-ethyl adjacent to an activating group) is 1. The van der Waals surface area contributed by atoms with Crippen LogP contribution in [0.25, 0.3) is 0 Å². The first-order chi connectivity index (χ1) is 9.54. The van der Waals surface area contributed by atoms with Crippen molar-refractivity contribution in [3.8, 4) is 5.75 Å². The minimum atomic E-state index is -0.442. The van der Waals surface area contributed by atoms with Gasteiger partial charge in [-0.05, 0) is 19.2 Å². The molecule has 0 radical (unpaired) electrons. The van der Waals surface area contributed by atoms with Crippen molar-refractivity contribution < 1.29 is 14.3 Å². The predicted molar refractivity (Wildman–Crippen MR) is 77.0 cm³/mol. The summed E-state index contributed by atoms with van der Waals surface area (Å²) in [6, 6.07) is 6.86. The van der Waals surface area contributed by atoms with Crippen LogP contribution in [0.3, 0.4) is 0 Å². The van der Waals surface area contributed by atoms with Crippen molar-refractivity contribution in [1.29, 1.82) is 0 Å². The number of carbonyl (C=O) groups excluding carboxylic acids is 2. The highest BCUT2D eigenvalue weighted by molar-refractivity contribution is 6.03. The van der Waals surface area contributed by atoms with Crippen LogP contribution in [0.4, 0.5) is 5.69 Å². The van der Waals surface area contributed by atoms with Gasteiger partial charge in [-0.25, -0.2) is 0 Å². The van der Waals surface area contributed by atoms with E-state index in [1.165, 1.54) is 4.90 Å². The number of nitrogens with one attached hydrogen (secondary N) is 1. The highest BCUT2D eigenvalue weighted by Crippen LogP contribution is 2.31. The maximum atomic E-state index is 12.5. The molecule has 0 aromatic heterocycles. The van der Waals surface area contributed by atoms with Gasteiger partial charge in [-0.3, -0.25) is 9.59 Å². The average molecular weight is 276 g/mol. The molecule has 1 aromatic rings. The van der Waals surface area contributed by atoms with Gasteiger partial charge in [0.2, 0.25) is 5.91 Å². The number of amides is 1. The number of hydrogen-bond donors (Lipinski definition) is 1. The molecule has 1 N–H and O–H groups in total. The van der Waals surface area contributed by atoms with Crippen LogP contribution in [0.1, 0.15) is 13.8 Å². The van der Waals surface area contributed by atoms with E-state index in [4.69, 9.17) is 4.74 Å². The summed E-state index contributed by atoms with van der Waals surface area (Å²) in [5.41, 5.74) is 0.657. The lowest BCUT2D eigenvalue weighted by Crippen LogP contribution is -2.48. The zero-order valence-electron chi connectivity index (χ0n) is 12.1. The number of benzene rings is 1. The van der Waals surface area contributed by atoms with E-state index in [0.717, 1.165) is 0 Å². The molecule has 1 amide bonds. The summed E-state index contributed by atoms with van der Waals surface area (Å²) in [4.78, 5) is 26.1. The van der Waals surface area contributed by atoms with Crippen LogP contribution < -0.4 is 15.0 Å². The summed E-state index contributed by atoms with van der Waals surface area (Å²) < 4.78 is 5.66. The molecule has 1 aromatic carbocycles. The number of rotatable bonds is 4. The first kappa shape index (κ1) is 14.5. The van der Waals surface area contributed by atoms with E-state index in [2.05, 4.69) is 5.32 Å². The molecule has 108 valence electrons. The molecule has 1 aliphatic rings. The monoisotopic (exact) mass is 276 g/mol. The highest BCUT2D eigenvalue weighted by Gasteiger charge is 2.31. The molecule has 5 heteroatoms. The van der Waals surface area contributed by atoms with Gasteiger partial charge in [0.05, 0.1) is 12.2 Å². The SMILES string of the molecule is CNC1COc2ccccc2N(CC(=O)C(C)C)C1=O. The Morgan fingerprint density at radius 2 is 2.15 bits per heavy atom. The Balaban J connectivity index is 2.37. The molecule has 1 unspecified atom stereocenters. The smallest absolute Gasteiger partial charge is 0.248 e. The van der Waals surface area contributed by atoms with E-state index in [0.29, 0.717) is 11.4 Å². The highest BCUT2D eigenvalue weighted by atomic mass is 16.5. The van der Waals surface area contributed by atoms with Crippen molar-refractivity contribution in [2.24, 2.45) is 5.92 Å². The maximum absolute atomic E-state index is 12.5. The molecular formula is C15H20N2O3. The number of hydrogen-bond acceptors (Lipinski definition) is 4. The third kappa shape index (κ3) is 2.82. The van der Waals surface area contributed by atoms with Gasteiger partial charge < -0.3 is 15.0 Å². The Bertz CT molecular complexity index is 514. The van der Waals surface area contributed by atoms with Gasteiger partial charge in [0.25, 0.3) is 0 Å². The van der Waals surface area contributed by atoms with E-state index in [9.17, 15) is 9.59 Å². The fourth-order valence-electron chi connectivity index (χ4n) is 2.06. The second kappa shape index (κ2) is 6.05. The van der Waals surface area contributed by atoms with E-state index in [-0.39, 0.29) is 30.8 Å². The van der Waals surface area contributed by atoms with Crippen LogP contribution in [0, 0.1) is 5.92 Å². The minimum Gasteiger partial charge on any atom is -0.489 e. The van der Waals surface area contributed by atoms with Crippen LogP contribution in [0.2, 0.25) is 0 Å². The molecule has 2 rings (SSSR count). The van der Waals surface area contributed by atoms with Crippen LogP contribution in [0.5, 0.6) is 5.75 Å². The lowest BCUT2D eigenvalue weighted by Gasteiger charge is -2.24. The lowest BCUT2D eigenvalue weighted by atomic mass is 10.1. The van der Waals surface area contributed by atoms with E-state index in [1.54, 1.807) is 13.1 Å². The Morgan fingerprint density at radius 3 is 2.80 bits per heavy atom. The predicted octanol–water partition coefficient (Wildman–Crippen LogP) is 1.23. The third-order valence-electron chi connectivity index (χ3n) is 3.43. The van der Waals surface area contributed by atoms with Crippen molar-refractivity contribution >= 4 is 17.4 Å². The second-order valence-electron chi connectivity index (χ2n) is 5.17. The first-order valence-corrected chi connectivity index (χ1v) is 6.77. The zero-order valence-corrected chi connectivity index (χ0v) is 12.1. The quantitative estimate of drug-likeness (QED) is 0.898. The number of nitrogens with zero attached hydrogens (tertiary/aromatic N) is 1. The summed E-state index contributed by atoms with van der Waals surface area (Å²) >= 11 is 0. The normalized spacial score (nSPS) is 18.5. The fraction of sp³-hybridized carbons (Fsp3) is 0.467. The number of ether oxygens (including phenoxy) is 1. The topological polar surface area (TPSA) is 58.6 Å². The minimum absolute atomic E-state index is 0.0323. The van der Waals surface area contributed by atoms with E-state index < -0.39 is 6.04 Å². The summed E-state index contributed by atoms with van der Waals surface area (Å²) in [6.07, 6.45) is 0. The van der Waals surface area contributed by atoms with Gasteiger partial charge in [0.15, 0.2) is 5.78 Å². The van der Waals surface area contributed by atoms with Gasteiger partial charge in [0.1, 0.15) is 18.4 Å². The van der Waals surface area contributed by atoms with Gasteiger partial charge in [-0.1, -0.05) is 26.0 Å². The molecular weight excluding hydrogens is 256 g/mol. The summed E-state index contributed by atoms with van der Waals surface area (Å²) in [5, 5.41) is 2.93. The lowest BCUT2D eigenvalue weighted by molar-refractivity contribution is -0.125. The summed E-state index contributed by atoms with van der Waals surface area (Å²) in [6.45, 7) is 4.01. The number of Topliss-reactive ketones (excluding diaryl/α,β-unsaturated/α-hetero) is 1. The summed E-state index contributed by atoms with van der Waals surface area (Å²) in [5.74, 6) is 0.429. The number of ketones is 1. The maximum Gasteiger partial charge on any atom is 0.248 e. The number of carbonyl (C=O) groups is 2. The third-order valence-corrected chi connectivity index (χ3v) is 3.43. The average Bonchev–Trinajstić information content (AvgIpc) is 2.57. The molecule has 0 saturated heterocycles. The number of anilines is 1. The van der Waals surface area contributed by atoms with Crippen molar-refractivity contribution in [2.75, 3.05) is 25.1 Å². The molecule has 0 spiro atoms. The van der Waals surface area contributed by atoms with Crippen LogP contribution in [0.15, 0.2) is 24.3 Å². The van der Waals surface area contributed by atoms with Gasteiger partial charge in [0, 0.05) is 5.92 Å². The largest absolute Gasteiger partial charge is 0.489 e. The van der Waals surface area contributed by atoms with Crippen molar-refractivity contribution in [1.82, 2.24) is 5.32 Å². The molecule has 0 fully saturated rings. The Morgan fingerprint density at radius 1 is 1.45 bits per heavy atom. The molecule has 0 aliphatic carbocycles. The standard InChI is InChI=1S/C15H20N2O3/c1-10(2)13(18)8-17-12-6-4-5-7-14(12)20-9-11(16-3)15(17)19/h4-7,10-11,16H,8-9H2,1-3H3. The molecule has 1 aliphatic heterocycles. The Labute approximate surface area is 118 Å². The van der Waals surface area contributed by atoms with Gasteiger partial charge >= 0.3 is 0 Å². The number of fused-ring (bicyclic) bond motifs is 1. The van der Waals surface area contributed by atoms with Crippen molar-refractivity contribution in [3.05, 3.63) is 24.3 Å². The van der Waals surface area contributed by atoms with Crippen molar-refractivity contribution in [2.45, 2.75) is 19.9 Å². The molecule has 20 heavy (non-hydrogen) atoms. The van der Waals surface area contributed by atoms with Gasteiger partial charge in [-0.15, -0.1) is 0 Å². The van der Waals surface area contributed by atoms with Crippen LogP contribution in [-0.2, 0) is 9.59 Å². The van der Waals surface area contributed by atoms with E-state index in [1.807, 2.05) is 32.0 Å². The summed E-state index contributed by atoms with van der Waals surface area (Å²) in [7, 11) is 1.71. The number of para-hydroxylation sites is 2. The Kier molecular flexibility index (Phi) is 4.39. The molecule has 1 atom stereocenters. The van der Waals surface area contributed by atoms with Crippen LogP contribution >= 0.6 is 0 Å². The van der Waals surface area contributed by atoms with E-state index >= 15 is 0 Å². The molecule has 5 nitrogen and oxygen atoms in total. The first-order valence-electron chi connectivity index (χ1n) is 6.77. The Hall–Kier alpha value is -1.88. The second-order valence-corrected chi connectivity index (χ2v) is 5.17. The molecule has 1 heterocycles. The van der Waals surface area contributed by atoms with Crippen LogP contribution in [-0.4, -0.2) is 37.9 Å². The molecule has 0 bridgehead atoms. The fourth-order valence-corrected chi connectivity index (χ4v) is 2.06. The van der Waals surface area contributed by atoms with Crippen molar-refractivity contribution in [3.63, 3.8) is 0 Å².